The summed E-state index contributed by atoms with van der Waals surface area (Å²) in [5.41, 5.74) is 2.29. The van der Waals surface area contributed by atoms with Crippen LogP contribution in [0.3, 0.4) is 0 Å². The van der Waals surface area contributed by atoms with Crippen molar-refractivity contribution >= 4 is 17.7 Å². The number of phenolic OH excluding ortho intramolecular Hbond substituents is 2. The van der Waals surface area contributed by atoms with E-state index in [1.165, 1.54) is 30.4 Å². The number of aromatic hydroxyl groups is 2. The summed E-state index contributed by atoms with van der Waals surface area (Å²) in [7, 11) is 0. The molecule has 0 spiro atoms. The molecular formula is C16H15NO3. The monoisotopic (exact) mass is 269 g/mol. The highest BCUT2D eigenvalue weighted by Crippen LogP contribution is 2.23. The first kappa shape index (κ1) is 13.7. The van der Waals surface area contributed by atoms with E-state index in [1.54, 1.807) is 0 Å². The van der Waals surface area contributed by atoms with Crippen molar-refractivity contribution in [2.75, 3.05) is 5.32 Å². The summed E-state index contributed by atoms with van der Waals surface area (Å²) < 4.78 is 0. The van der Waals surface area contributed by atoms with E-state index in [-0.39, 0.29) is 17.4 Å². The molecule has 0 unspecified atom stereocenters. The molecule has 0 radical (unpaired) electrons. The van der Waals surface area contributed by atoms with Gasteiger partial charge in [0, 0.05) is 23.4 Å². The summed E-state index contributed by atoms with van der Waals surface area (Å²) in [4.78, 5) is 11.7. The molecule has 1 amide bonds. The van der Waals surface area contributed by atoms with Crippen molar-refractivity contribution in [3.05, 3.63) is 59.7 Å². The second-order valence-electron chi connectivity index (χ2n) is 4.43. The molecule has 0 aliphatic carbocycles. The molecular weight excluding hydrogens is 254 g/mol. The Morgan fingerprint density at radius 2 is 1.80 bits per heavy atom. The van der Waals surface area contributed by atoms with E-state index >= 15 is 0 Å². The van der Waals surface area contributed by atoms with Crippen LogP contribution in [-0.2, 0) is 4.79 Å². The minimum atomic E-state index is -0.290. The summed E-state index contributed by atoms with van der Waals surface area (Å²) in [5, 5.41) is 21.5. The molecule has 0 saturated heterocycles. The highest BCUT2D eigenvalue weighted by molar-refractivity contribution is 6.02. The van der Waals surface area contributed by atoms with Crippen molar-refractivity contribution < 1.29 is 15.0 Å². The molecule has 3 N–H and O–H groups in total. The number of amides is 1. The van der Waals surface area contributed by atoms with Gasteiger partial charge in [0.15, 0.2) is 0 Å². The molecule has 102 valence electrons. The summed E-state index contributed by atoms with van der Waals surface area (Å²) in [6, 6.07) is 11.6. The summed E-state index contributed by atoms with van der Waals surface area (Å²) in [6.07, 6.45) is 2.81. The van der Waals surface area contributed by atoms with E-state index in [4.69, 9.17) is 5.11 Å². The van der Waals surface area contributed by atoms with E-state index in [2.05, 4.69) is 5.32 Å². The Hall–Kier alpha value is -2.75. The predicted octanol–water partition coefficient (Wildman–Crippen LogP) is 3.06. The van der Waals surface area contributed by atoms with Crippen molar-refractivity contribution in [1.82, 2.24) is 0 Å². The van der Waals surface area contributed by atoms with Gasteiger partial charge in [-0.1, -0.05) is 17.7 Å². The molecule has 4 heteroatoms. The van der Waals surface area contributed by atoms with E-state index in [0.29, 0.717) is 11.3 Å². The van der Waals surface area contributed by atoms with Crippen LogP contribution in [0.4, 0.5) is 5.69 Å². The normalized spacial score (nSPS) is 10.7. The number of hydrogen-bond donors (Lipinski definition) is 3. The van der Waals surface area contributed by atoms with Crippen molar-refractivity contribution in [3.8, 4) is 11.5 Å². The maximum atomic E-state index is 11.7. The Morgan fingerprint density at radius 1 is 1.10 bits per heavy atom. The van der Waals surface area contributed by atoms with Gasteiger partial charge in [-0.3, -0.25) is 4.79 Å². The molecule has 4 nitrogen and oxygen atoms in total. The topological polar surface area (TPSA) is 69.6 Å². The van der Waals surface area contributed by atoms with E-state index in [9.17, 15) is 9.90 Å². The van der Waals surface area contributed by atoms with Gasteiger partial charge < -0.3 is 15.5 Å². The fraction of sp³-hybridized carbons (Fsp3) is 0.0625. The lowest BCUT2D eigenvalue weighted by atomic mass is 10.1. The van der Waals surface area contributed by atoms with Gasteiger partial charge in [-0.05, 0) is 37.3 Å². The van der Waals surface area contributed by atoms with Crippen LogP contribution >= 0.6 is 0 Å². The SMILES string of the molecule is Cc1ccc(NC(=O)/C=C/c2ccc(O)cc2O)cc1. The minimum Gasteiger partial charge on any atom is -0.508 e. The Balaban J connectivity index is 2.03. The molecule has 0 fully saturated rings. The average molecular weight is 269 g/mol. The number of carbonyl (C=O) groups excluding carboxylic acids is 1. The van der Waals surface area contributed by atoms with Gasteiger partial charge in [0.25, 0.3) is 0 Å². The fourth-order valence-electron chi connectivity index (χ4n) is 1.66. The molecule has 2 rings (SSSR count). The van der Waals surface area contributed by atoms with Crippen LogP contribution in [0.15, 0.2) is 48.5 Å². The second-order valence-corrected chi connectivity index (χ2v) is 4.43. The smallest absolute Gasteiger partial charge is 0.248 e. The van der Waals surface area contributed by atoms with E-state index < -0.39 is 0 Å². The molecule has 0 aromatic heterocycles. The number of anilines is 1. The standard InChI is InChI=1S/C16H15NO3/c1-11-2-6-13(7-3-11)17-16(20)9-5-12-4-8-14(18)10-15(12)19/h2-10,18-19H,1H3,(H,17,20)/b9-5+. The molecule has 0 heterocycles. The van der Waals surface area contributed by atoms with Gasteiger partial charge in [0.2, 0.25) is 5.91 Å². The molecule has 0 aliphatic rings. The maximum Gasteiger partial charge on any atom is 0.248 e. The van der Waals surface area contributed by atoms with E-state index in [0.717, 1.165) is 5.56 Å². The van der Waals surface area contributed by atoms with Gasteiger partial charge in [-0.2, -0.15) is 0 Å². The average Bonchev–Trinajstić information content (AvgIpc) is 2.40. The number of nitrogens with one attached hydrogen (secondary N) is 1. The molecule has 20 heavy (non-hydrogen) atoms. The molecule has 0 saturated carbocycles. The van der Waals surface area contributed by atoms with Gasteiger partial charge in [-0.15, -0.1) is 0 Å². The molecule has 0 bridgehead atoms. The van der Waals surface area contributed by atoms with Gasteiger partial charge >= 0.3 is 0 Å². The summed E-state index contributed by atoms with van der Waals surface area (Å²) >= 11 is 0. The lowest BCUT2D eigenvalue weighted by Gasteiger charge is -2.03. The third kappa shape index (κ3) is 3.62. The highest BCUT2D eigenvalue weighted by Gasteiger charge is 2.01. The van der Waals surface area contributed by atoms with E-state index in [1.807, 2.05) is 31.2 Å². The van der Waals surface area contributed by atoms with Crippen molar-refractivity contribution in [2.45, 2.75) is 6.92 Å². The molecule has 2 aromatic carbocycles. The van der Waals surface area contributed by atoms with Crippen LogP contribution < -0.4 is 5.32 Å². The van der Waals surface area contributed by atoms with Crippen LogP contribution in [0.25, 0.3) is 6.08 Å². The molecule has 0 aliphatic heterocycles. The maximum absolute atomic E-state index is 11.7. The largest absolute Gasteiger partial charge is 0.508 e. The number of aryl methyl sites for hydroxylation is 1. The number of phenols is 2. The van der Waals surface area contributed by atoms with Crippen LogP contribution in [0.5, 0.6) is 11.5 Å². The van der Waals surface area contributed by atoms with Crippen molar-refractivity contribution in [3.63, 3.8) is 0 Å². The Morgan fingerprint density at radius 3 is 2.45 bits per heavy atom. The lowest BCUT2D eigenvalue weighted by molar-refractivity contribution is -0.111. The lowest BCUT2D eigenvalue weighted by Crippen LogP contribution is -2.07. The molecule has 0 atom stereocenters. The zero-order valence-electron chi connectivity index (χ0n) is 11.0. The zero-order chi connectivity index (χ0) is 14.5. The predicted molar refractivity (Wildman–Crippen MR) is 78.6 cm³/mol. The minimum absolute atomic E-state index is 0.0243. The number of benzene rings is 2. The van der Waals surface area contributed by atoms with Crippen LogP contribution in [-0.4, -0.2) is 16.1 Å². The molecule has 2 aromatic rings. The third-order valence-corrected chi connectivity index (χ3v) is 2.75. The summed E-state index contributed by atoms with van der Waals surface area (Å²) in [6.45, 7) is 1.97. The quantitative estimate of drug-likeness (QED) is 0.750. The number of carbonyl (C=O) groups is 1. The van der Waals surface area contributed by atoms with Crippen LogP contribution in [0.2, 0.25) is 0 Å². The van der Waals surface area contributed by atoms with Gasteiger partial charge in [0.1, 0.15) is 11.5 Å². The zero-order valence-corrected chi connectivity index (χ0v) is 11.0. The first-order valence-electron chi connectivity index (χ1n) is 6.12. The first-order valence-corrected chi connectivity index (χ1v) is 6.12. The highest BCUT2D eigenvalue weighted by atomic mass is 16.3. The second kappa shape index (κ2) is 5.93. The van der Waals surface area contributed by atoms with Crippen LogP contribution in [0, 0.1) is 6.92 Å². The Kier molecular flexibility index (Phi) is 4.05. The first-order chi connectivity index (χ1) is 9.54. The van der Waals surface area contributed by atoms with Gasteiger partial charge in [-0.25, -0.2) is 0 Å². The van der Waals surface area contributed by atoms with Crippen LogP contribution in [0.1, 0.15) is 11.1 Å². The number of rotatable bonds is 3. The Bertz CT molecular complexity index is 645. The Labute approximate surface area is 117 Å². The van der Waals surface area contributed by atoms with Gasteiger partial charge in [0.05, 0.1) is 0 Å². The van der Waals surface area contributed by atoms with Crippen molar-refractivity contribution in [2.24, 2.45) is 0 Å². The fourth-order valence-corrected chi connectivity index (χ4v) is 1.66. The number of hydrogen-bond acceptors (Lipinski definition) is 3. The van der Waals surface area contributed by atoms with Crippen molar-refractivity contribution in [1.29, 1.82) is 0 Å². The summed E-state index contributed by atoms with van der Waals surface area (Å²) in [5.74, 6) is -0.394. The third-order valence-electron chi connectivity index (χ3n) is 2.75.